The van der Waals surface area contributed by atoms with Crippen LogP contribution < -0.4 is 10.1 Å². The van der Waals surface area contributed by atoms with E-state index >= 15 is 0 Å². The lowest BCUT2D eigenvalue weighted by Crippen LogP contribution is -2.56. The van der Waals surface area contributed by atoms with E-state index in [1.54, 1.807) is 14.2 Å². The van der Waals surface area contributed by atoms with Crippen molar-refractivity contribution in [3.05, 3.63) is 41.5 Å². The molecule has 39 heavy (non-hydrogen) atoms. The summed E-state index contributed by atoms with van der Waals surface area (Å²) in [6, 6.07) is 10.0. The molecule has 2 aliphatic rings. The van der Waals surface area contributed by atoms with Crippen LogP contribution in [0.5, 0.6) is 5.75 Å². The first-order chi connectivity index (χ1) is 18.3. The quantitative estimate of drug-likeness (QED) is 0.492. The number of hydrogen-bond donors (Lipinski definition) is 1. The zero-order valence-corrected chi connectivity index (χ0v) is 25.0. The van der Waals surface area contributed by atoms with Gasteiger partial charge in [-0.15, -0.1) is 0 Å². The lowest BCUT2D eigenvalue weighted by Gasteiger charge is -2.35. The van der Waals surface area contributed by atoms with Crippen molar-refractivity contribution < 1.29 is 23.8 Å². The molecule has 1 saturated heterocycles. The minimum absolute atomic E-state index is 0.00479. The normalized spacial score (nSPS) is 26.6. The van der Waals surface area contributed by atoms with Crippen LogP contribution in [0.2, 0.25) is 0 Å². The van der Waals surface area contributed by atoms with Crippen molar-refractivity contribution in [1.82, 2.24) is 10.2 Å². The van der Waals surface area contributed by atoms with Gasteiger partial charge in [0.15, 0.2) is 0 Å². The van der Waals surface area contributed by atoms with E-state index in [-0.39, 0.29) is 17.4 Å². The highest BCUT2D eigenvalue weighted by Crippen LogP contribution is 2.41. The van der Waals surface area contributed by atoms with Gasteiger partial charge in [-0.05, 0) is 83.5 Å². The summed E-state index contributed by atoms with van der Waals surface area (Å²) in [7, 11) is 3.45. The number of hydrogen-bond acceptors (Lipinski definition) is 5. The second-order valence-electron chi connectivity index (χ2n) is 13.3. The predicted molar refractivity (Wildman–Crippen MR) is 154 cm³/mol. The molecule has 2 aromatic carbocycles. The molecule has 2 aromatic rings. The van der Waals surface area contributed by atoms with Crippen LogP contribution in [-0.4, -0.2) is 56.4 Å². The highest BCUT2D eigenvalue weighted by Gasteiger charge is 2.48. The summed E-state index contributed by atoms with van der Waals surface area (Å²) < 4.78 is 17.6. The zero-order valence-electron chi connectivity index (χ0n) is 25.0. The number of cyclic esters (lactones) is 1. The molecule has 2 amide bonds. The number of benzene rings is 2. The van der Waals surface area contributed by atoms with Crippen molar-refractivity contribution in [3.8, 4) is 5.75 Å². The van der Waals surface area contributed by atoms with Crippen LogP contribution in [0.25, 0.3) is 10.8 Å². The lowest BCUT2D eigenvalue weighted by atomic mass is 9.83. The molecule has 2 heterocycles. The maximum absolute atomic E-state index is 14.0. The molecular weight excluding hydrogens is 492 g/mol. The van der Waals surface area contributed by atoms with Gasteiger partial charge in [0.1, 0.15) is 17.4 Å². The molecule has 1 fully saturated rings. The number of ether oxygens (including phenoxy) is 3. The summed E-state index contributed by atoms with van der Waals surface area (Å²) in [5.41, 5.74) is 1.10. The number of carbonyl (C=O) groups excluding carboxylic acids is 2. The van der Waals surface area contributed by atoms with Gasteiger partial charge in [-0.2, -0.15) is 0 Å². The van der Waals surface area contributed by atoms with Crippen LogP contribution in [0, 0.1) is 10.8 Å². The van der Waals surface area contributed by atoms with Crippen molar-refractivity contribution in [2.24, 2.45) is 10.8 Å². The van der Waals surface area contributed by atoms with E-state index in [1.165, 1.54) is 5.56 Å². The Morgan fingerprint density at radius 1 is 1.05 bits per heavy atom. The third-order valence-corrected chi connectivity index (χ3v) is 8.71. The molecule has 0 spiro atoms. The first-order valence-corrected chi connectivity index (χ1v) is 14.2. The Morgan fingerprint density at radius 2 is 1.79 bits per heavy atom. The molecule has 5 bridgehead atoms. The molecule has 0 unspecified atom stereocenters. The summed E-state index contributed by atoms with van der Waals surface area (Å²) in [6.45, 7) is 13.1. The fourth-order valence-corrected chi connectivity index (χ4v) is 6.12. The largest absolute Gasteiger partial charge is 0.496 e. The number of carbonyl (C=O) groups is 2. The van der Waals surface area contributed by atoms with Crippen LogP contribution in [0.4, 0.5) is 4.79 Å². The number of methoxy groups -OCH3 is 2. The first-order valence-electron chi connectivity index (χ1n) is 14.2. The SMILES string of the molecule is COc1cc2ccc3cc2cc1CCCC(C)(C)CCOC(=O)N[C@@H](C(C)(C)C)C(=O)N1C[C@@]3(OC)C[C@H]1C. The minimum atomic E-state index is -0.721. The third-order valence-electron chi connectivity index (χ3n) is 8.71. The predicted octanol–water partition coefficient (Wildman–Crippen LogP) is 6.20. The molecule has 0 saturated carbocycles. The number of alkyl carbamates (subject to hydrolysis) is 1. The molecule has 7 nitrogen and oxygen atoms in total. The average Bonchev–Trinajstić information content (AvgIpc) is 3.22. The molecule has 7 heteroatoms. The molecule has 0 radical (unpaired) electrons. The first kappa shape index (κ1) is 29.2. The van der Waals surface area contributed by atoms with E-state index < -0.39 is 23.2 Å². The van der Waals surface area contributed by atoms with Crippen LogP contribution >= 0.6 is 0 Å². The number of amides is 2. The highest BCUT2D eigenvalue weighted by atomic mass is 16.5. The Balaban J connectivity index is 1.78. The smallest absolute Gasteiger partial charge is 0.407 e. The number of nitrogens with one attached hydrogen (secondary N) is 1. The van der Waals surface area contributed by atoms with Crippen molar-refractivity contribution in [1.29, 1.82) is 0 Å². The molecule has 3 atom stereocenters. The maximum Gasteiger partial charge on any atom is 0.407 e. The fourth-order valence-electron chi connectivity index (χ4n) is 6.12. The van der Waals surface area contributed by atoms with Gasteiger partial charge in [0, 0.05) is 19.6 Å². The van der Waals surface area contributed by atoms with Crippen LogP contribution in [0.3, 0.4) is 0 Å². The van der Waals surface area contributed by atoms with E-state index in [4.69, 9.17) is 14.2 Å². The van der Waals surface area contributed by atoms with Gasteiger partial charge < -0.3 is 24.4 Å². The van der Waals surface area contributed by atoms with Gasteiger partial charge in [-0.1, -0.05) is 46.8 Å². The maximum atomic E-state index is 14.0. The number of nitrogens with zero attached hydrogens (tertiary/aromatic N) is 1. The molecule has 0 aromatic heterocycles. The van der Waals surface area contributed by atoms with E-state index in [0.29, 0.717) is 19.6 Å². The lowest BCUT2D eigenvalue weighted by molar-refractivity contribution is -0.137. The Kier molecular flexibility index (Phi) is 8.23. The van der Waals surface area contributed by atoms with Gasteiger partial charge in [0.25, 0.3) is 0 Å². The van der Waals surface area contributed by atoms with Crippen molar-refractivity contribution >= 4 is 22.8 Å². The summed E-state index contributed by atoms with van der Waals surface area (Å²) in [5, 5.41) is 5.15. The Hall–Kier alpha value is -2.80. The molecule has 1 N–H and O–H groups in total. The highest BCUT2D eigenvalue weighted by molar-refractivity contribution is 5.88. The van der Waals surface area contributed by atoms with Crippen LogP contribution in [0.15, 0.2) is 30.3 Å². The Bertz CT molecular complexity index is 1220. The van der Waals surface area contributed by atoms with Crippen molar-refractivity contribution in [2.45, 2.75) is 91.3 Å². The molecule has 0 aliphatic carbocycles. The van der Waals surface area contributed by atoms with Crippen LogP contribution in [-0.2, 0) is 26.3 Å². The van der Waals surface area contributed by atoms with Gasteiger partial charge >= 0.3 is 6.09 Å². The number of aryl methyl sites for hydroxylation is 1. The molecular formula is C32H46N2O5. The Labute approximate surface area is 233 Å². The van der Waals surface area contributed by atoms with Gasteiger partial charge in [-0.25, -0.2) is 4.79 Å². The summed E-state index contributed by atoms with van der Waals surface area (Å²) in [6.07, 6.45) is 3.74. The van der Waals surface area contributed by atoms with E-state index in [9.17, 15) is 9.59 Å². The molecule has 214 valence electrons. The summed E-state index contributed by atoms with van der Waals surface area (Å²) >= 11 is 0. The number of rotatable bonds is 2. The van der Waals surface area contributed by atoms with Gasteiger partial charge in [0.2, 0.25) is 5.91 Å². The van der Waals surface area contributed by atoms with Crippen LogP contribution in [0.1, 0.15) is 78.4 Å². The molecule has 4 rings (SSSR count). The standard InChI is InChI=1S/C32H46N2O5/c1-21-19-32(38-8)20-34(21)28(35)27(30(2,3)4)33-29(36)39-15-14-31(5,6)13-9-10-23-16-24-17-25(32)12-11-22(24)18-26(23)37-7/h11-12,16-18,21,27H,9-10,13-15,19-20H2,1-8H3,(H,33,36)/t21-,27-,32+/m1/s1. The van der Waals surface area contributed by atoms with E-state index in [1.807, 2.05) is 25.7 Å². The van der Waals surface area contributed by atoms with E-state index in [2.05, 4.69) is 56.4 Å². The van der Waals surface area contributed by atoms with E-state index in [0.717, 1.165) is 47.8 Å². The average molecular weight is 539 g/mol. The number of fused-ring (bicyclic) bond motifs is 5. The Morgan fingerprint density at radius 3 is 2.46 bits per heavy atom. The van der Waals surface area contributed by atoms with Gasteiger partial charge in [0.05, 0.1) is 20.3 Å². The summed E-state index contributed by atoms with van der Waals surface area (Å²) in [4.78, 5) is 28.7. The summed E-state index contributed by atoms with van der Waals surface area (Å²) in [5.74, 6) is 0.789. The fraction of sp³-hybridized carbons (Fsp3) is 0.625. The third kappa shape index (κ3) is 6.19. The zero-order chi connectivity index (χ0) is 28.6. The topological polar surface area (TPSA) is 77.1 Å². The monoisotopic (exact) mass is 538 g/mol. The van der Waals surface area contributed by atoms with Crippen molar-refractivity contribution in [3.63, 3.8) is 0 Å². The molecule has 2 aliphatic heterocycles. The minimum Gasteiger partial charge on any atom is -0.496 e. The second kappa shape index (κ2) is 11.0. The second-order valence-corrected chi connectivity index (χ2v) is 13.3. The van der Waals surface area contributed by atoms with Crippen molar-refractivity contribution in [2.75, 3.05) is 27.4 Å². The van der Waals surface area contributed by atoms with Gasteiger partial charge in [-0.3, -0.25) is 4.79 Å².